The summed E-state index contributed by atoms with van der Waals surface area (Å²) in [6.07, 6.45) is 2.19. The number of nitrogens with zero attached hydrogens (tertiary/aromatic N) is 1. The molecule has 3 heteroatoms. The van der Waals surface area contributed by atoms with Crippen LogP contribution in [0.2, 0.25) is 0 Å². The Hall–Kier alpha value is -1.22. The molecule has 0 aromatic heterocycles. The summed E-state index contributed by atoms with van der Waals surface area (Å²) in [6, 6.07) is 6.70. The maximum absolute atomic E-state index is 5.78. The van der Waals surface area contributed by atoms with Crippen LogP contribution in [0.5, 0.6) is 5.75 Å². The summed E-state index contributed by atoms with van der Waals surface area (Å²) in [6.45, 7) is 7.48. The van der Waals surface area contributed by atoms with Crippen LogP contribution in [0.1, 0.15) is 45.1 Å². The molecule has 3 nitrogen and oxygen atoms in total. The molecule has 0 aliphatic heterocycles. The minimum Gasteiger partial charge on any atom is -0.496 e. The number of rotatable bonds is 7. The average molecular weight is 264 g/mol. The Balaban J connectivity index is 2.75. The molecule has 0 bridgehead atoms. The molecule has 1 rings (SSSR count). The first-order chi connectivity index (χ1) is 8.95. The summed E-state index contributed by atoms with van der Waals surface area (Å²) in [5, 5.41) is 0. The van der Waals surface area contributed by atoms with Crippen molar-refractivity contribution in [1.29, 1.82) is 0 Å². The van der Waals surface area contributed by atoms with Crippen molar-refractivity contribution in [3.05, 3.63) is 23.8 Å². The fourth-order valence-corrected chi connectivity index (χ4v) is 2.19. The SMILES string of the molecule is COc1ccc(N(C)CCCC(C)N)cc1C(C)C. The van der Waals surface area contributed by atoms with Crippen molar-refractivity contribution in [2.45, 2.75) is 45.6 Å². The zero-order valence-corrected chi connectivity index (χ0v) is 12.9. The van der Waals surface area contributed by atoms with Crippen molar-refractivity contribution in [2.24, 2.45) is 5.73 Å². The Kier molecular flexibility index (Phi) is 6.16. The van der Waals surface area contributed by atoms with E-state index in [1.807, 2.05) is 0 Å². The standard InChI is InChI=1S/C16H28N2O/c1-12(2)15-11-14(8-9-16(15)19-5)18(4)10-6-7-13(3)17/h8-9,11-13H,6-7,10,17H2,1-5H3. The second-order valence-electron chi connectivity index (χ2n) is 5.62. The molecule has 0 spiro atoms. The molecule has 0 radical (unpaired) electrons. The van der Waals surface area contributed by atoms with Gasteiger partial charge in [0.15, 0.2) is 0 Å². The van der Waals surface area contributed by atoms with Gasteiger partial charge in [-0.2, -0.15) is 0 Å². The third kappa shape index (κ3) is 4.75. The number of methoxy groups -OCH3 is 1. The lowest BCUT2D eigenvalue weighted by Gasteiger charge is -2.22. The number of hydrogen-bond donors (Lipinski definition) is 1. The Bertz CT molecular complexity index is 388. The van der Waals surface area contributed by atoms with Gasteiger partial charge in [-0.15, -0.1) is 0 Å². The van der Waals surface area contributed by atoms with Gasteiger partial charge in [0.05, 0.1) is 7.11 Å². The summed E-state index contributed by atoms with van der Waals surface area (Å²) in [4.78, 5) is 2.29. The fraction of sp³-hybridized carbons (Fsp3) is 0.625. The molecule has 0 saturated heterocycles. The lowest BCUT2D eigenvalue weighted by atomic mass is 10.0. The van der Waals surface area contributed by atoms with E-state index in [0.717, 1.165) is 25.1 Å². The highest BCUT2D eigenvalue weighted by atomic mass is 16.5. The highest BCUT2D eigenvalue weighted by molar-refractivity contribution is 5.53. The Morgan fingerprint density at radius 1 is 1.26 bits per heavy atom. The van der Waals surface area contributed by atoms with Crippen molar-refractivity contribution in [3.63, 3.8) is 0 Å². The molecule has 0 amide bonds. The molecule has 0 fully saturated rings. The smallest absolute Gasteiger partial charge is 0.122 e. The first kappa shape index (κ1) is 15.8. The van der Waals surface area contributed by atoms with E-state index in [4.69, 9.17) is 10.5 Å². The average Bonchev–Trinajstić information content (AvgIpc) is 2.37. The van der Waals surface area contributed by atoms with Crippen LogP contribution < -0.4 is 15.4 Å². The first-order valence-corrected chi connectivity index (χ1v) is 7.10. The minimum absolute atomic E-state index is 0.287. The van der Waals surface area contributed by atoms with E-state index in [2.05, 4.69) is 50.9 Å². The van der Waals surface area contributed by atoms with Crippen LogP contribution in [-0.4, -0.2) is 26.7 Å². The Labute approximate surface area is 117 Å². The van der Waals surface area contributed by atoms with E-state index in [-0.39, 0.29) is 6.04 Å². The summed E-state index contributed by atoms with van der Waals surface area (Å²) in [5.74, 6) is 1.44. The van der Waals surface area contributed by atoms with Crippen molar-refractivity contribution in [3.8, 4) is 5.75 Å². The Morgan fingerprint density at radius 3 is 2.47 bits per heavy atom. The maximum atomic E-state index is 5.78. The zero-order chi connectivity index (χ0) is 14.4. The monoisotopic (exact) mass is 264 g/mol. The van der Waals surface area contributed by atoms with Crippen LogP contribution in [0, 0.1) is 0 Å². The van der Waals surface area contributed by atoms with Gasteiger partial charge < -0.3 is 15.4 Å². The number of ether oxygens (including phenoxy) is 1. The molecule has 1 unspecified atom stereocenters. The van der Waals surface area contributed by atoms with Crippen LogP contribution in [0.3, 0.4) is 0 Å². The van der Waals surface area contributed by atoms with Crippen molar-refractivity contribution in [2.75, 3.05) is 25.6 Å². The minimum atomic E-state index is 0.287. The van der Waals surface area contributed by atoms with Gasteiger partial charge in [-0.05, 0) is 49.4 Å². The summed E-state index contributed by atoms with van der Waals surface area (Å²) in [7, 11) is 3.86. The molecule has 1 atom stereocenters. The second kappa shape index (κ2) is 7.39. The van der Waals surface area contributed by atoms with Crippen LogP contribution >= 0.6 is 0 Å². The topological polar surface area (TPSA) is 38.5 Å². The lowest BCUT2D eigenvalue weighted by molar-refractivity contribution is 0.407. The molecule has 1 aromatic rings. The predicted octanol–water partition coefficient (Wildman–Crippen LogP) is 3.38. The van der Waals surface area contributed by atoms with Crippen LogP contribution in [0.4, 0.5) is 5.69 Å². The predicted molar refractivity (Wildman–Crippen MR) is 83.2 cm³/mol. The second-order valence-corrected chi connectivity index (χ2v) is 5.62. The van der Waals surface area contributed by atoms with Crippen molar-refractivity contribution < 1.29 is 4.74 Å². The molecule has 0 aliphatic rings. The number of nitrogens with two attached hydrogens (primary N) is 1. The molecule has 19 heavy (non-hydrogen) atoms. The number of hydrogen-bond acceptors (Lipinski definition) is 3. The summed E-state index contributed by atoms with van der Waals surface area (Å²) in [5.41, 5.74) is 8.29. The third-order valence-corrected chi connectivity index (χ3v) is 3.43. The molecule has 108 valence electrons. The van der Waals surface area contributed by atoms with Gasteiger partial charge >= 0.3 is 0 Å². The molecule has 1 aromatic carbocycles. The molecule has 0 saturated carbocycles. The lowest BCUT2D eigenvalue weighted by Crippen LogP contribution is -2.22. The van der Waals surface area contributed by atoms with Gasteiger partial charge in [-0.25, -0.2) is 0 Å². The summed E-state index contributed by atoms with van der Waals surface area (Å²) >= 11 is 0. The normalized spacial score (nSPS) is 12.6. The van der Waals surface area contributed by atoms with E-state index >= 15 is 0 Å². The maximum Gasteiger partial charge on any atom is 0.122 e. The molecule has 2 N–H and O–H groups in total. The van der Waals surface area contributed by atoms with Crippen LogP contribution in [0.25, 0.3) is 0 Å². The van der Waals surface area contributed by atoms with E-state index in [0.29, 0.717) is 5.92 Å². The van der Waals surface area contributed by atoms with Crippen LogP contribution in [0.15, 0.2) is 18.2 Å². The highest BCUT2D eigenvalue weighted by Gasteiger charge is 2.10. The molecular formula is C16H28N2O. The molecule has 0 aliphatic carbocycles. The van der Waals surface area contributed by atoms with Gasteiger partial charge in [0.1, 0.15) is 5.75 Å². The zero-order valence-electron chi connectivity index (χ0n) is 12.9. The summed E-state index contributed by atoms with van der Waals surface area (Å²) < 4.78 is 5.42. The van der Waals surface area contributed by atoms with Gasteiger partial charge in [-0.3, -0.25) is 0 Å². The highest BCUT2D eigenvalue weighted by Crippen LogP contribution is 2.30. The first-order valence-electron chi connectivity index (χ1n) is 7.10. The van der Waals surface area contributed by atoms with Gasteiger partial charge in [0.2, 0.25) is 0 Å². The third-order valence-electron chi connectivity index (χ3n) is 3.43. The number of benzene rings is 1. The van der Waals surface area contributed by atoms with E-state index in [1.165, 1.54) is 11.3 Å². The Morgan fingerprint density at radius 2 is 1.95 bits per heavy atom. The quantitative estimate of drug-likeness (QED) is 0.820. The fourth-order valence-electron chi connectivity index (χ4n) is 2.19. The van der Waals surface area contributed by atoms with E-state index in [9.17, 15) is 0 Å². The number of anilines is 1. The largest absolute Gasteiger partial charge is 0.496 e. The van der Waals surface area contributed by atoms with Gasteiger partial charge in [-0.1, -0.05) is 13.8 Å². The van der Waals surface area contributed by atoms with Crippen molar-refractivity contribution in [1.82, 2.24) is 0 Å². The molecule has 0 heterocycles. The van der Waals surface area contributed by atoms with E-state index < -0.39 is 0 Å². The van der Waals surface area contributed by atoms with Gasteiger partial charge in [0, 0.05) is 25.3 Å². The van der Waals surface area contributed by atoms with Crippen molar-refractivity contribution >= 4 is 5.69 Å². The van der Waals surface area contributed by atoms with E-state index in [1.54, 1.807) is 7.11 Å². The van der Waals surface area contributed by atoms with Gasteiger partial charge in [0.25, 0.3) is 0 Å². The van der Waals surface area contributed by atoms with Crippen LogP contribution in [-0.2, 0) is 0 Å². The molecular weight excluding hydrogens is 236 g/mol.